The summed E-state index contributed by atoms with van der Waals surface area (Å²) in [6.45, 7) is 6.18. The van der Waals surface area contributed by atoms with Gasteiger partial charge in [-0.2, -0.15) is 4.98 Å². The van der Waals surface area contributed by atoms with E-state index in [1.54, 1.807) is 41.5 Å². The van der Waals surface area contributed by atoms with E-state index in [9.17, 15) is 4.79 Å². The standard InChI is InChI=1S/C34H37ClN10O2/c1-43(28-3-2-8-36-21-28)27-6-4-26(5-7-27)41-34-40-20-24-15-29(31-30(35)16-23(19-39-31)25-17-37-22-38-18-25)33(46)45(32(24)42-34)10-9-44-11-13-47-14-12-44/h4-7,15-20,22,28,36H,2-3,8-14,21H2,1H3,(H,40,41,42). The van der Waals surface area contributed by atoms with E-state index in [1.807, 2.05) is 12.1 Å². The molecule has 1 atom stereocenters. The van der Waals surface area contributed by atoms with Crippen molar-refractivity contribution in [1.29, 1.82) is 0 Å². The van der Waals surface area contributed by atoms with E-state index in [1.165, 1.54) is 19.2 Å². The molecule has 1 aromatic carbocycles. The highest BCUT2D eigenvalue weighted by Gasteiger charge is 2.20. The second kappa shape index (κ2) is 14.1. The van der Waals surface area contributed by atoms with Gasteiger partial charge in [0.2, 0.25) is 5.95 Å². The third-order valence-electron chi connectivity index (χ3n) is 8.91. The van der Waals surface area contributed by atoms with Gasteiger partial charge in [-0.05, 0) is 55.8 Å². The smallest absolute Gasteiger partial charge is 0.261 e. The summed E-state index contributed by atoms with van der Waals surface area (Å²) < 4.78 is 7.23. The molecule has 4 aromatic heterocycles. The Balaban J connectivity index is 1.20. The molecule has 2 aliphatic heterocycles. The van der Waals surface area contributed by atoms with Crippen LogP contribution in [0.1, 0.15) is 12.8 Å². The molecule has 0 bridgehead atoms. The van der Waals surface area contributed by atoms with Crippen LogP contribution >= 0.6 is 11.6 Å². The fourth-order valence-corrected chi connectivity index (χ4v) is 6.46. The average molecular weight is 653 g/mol. The Kier molecular flexibility index (Phi) is 9.34. The first-order chi connectivity index (χ1) is 23.0. The first-order valence-electron chi connectivity index (χ1n) is 16.0. The Morgan fingerprint density at radius 1 is 1.02 bits per heavy atom. The molecule has 0 saturated carbocycles. The Bertz CT molecular complexity index is 1890. The van der Waals surface area contributed by atoms with E-state index in [4.69, 9.17) is 21.3 Å². The van der Waals surface area contributed by atoms with Crippen molar-refractivity contribution in [3.05, 3.63) is 82.9 Å². The summed E-state index contributed by atoms with van der Waals surface area (Å²) in [7, 11) is 2.15. The van der Waals surface area contributed by atoms with Crippen LogP contribution in [-0.4, -0.2) is 93.4 Å². The molecule has 2 N–H and O–H groups in total. The summed E-state index contributed by atoms with van der Waals surface area (Å²) in [6.07, 6.45) is 10.6. The fourth-order valence-electron chi connectivity index (χ4n) is 6.19. The number of anilines is 3. The molecule has 2 fully saturated rings. The molecular weight excluding hydrogens is 616 g/mol. The Labute approximate surface area is 277 Å². The number of rotatable bonds is 9. The van der Waals surface area contributed by atoms with Crippen LogP contribution in [0.3, 0.4) is 0 Å². The minimum absolute atomic E-state index is 0.217. The lowest BCUT2D eigenvalue weighted by Crippen LogP contribution is -2.44. The zero-order valence-corrected chi connectivity index (χ0v) is 27.0. The molecule has 0 aliphatic carbocycles. The monoisotopic (exact) mass is 652 g/mol. The van der Waals surface area contributed by atoms with Crippen LogP contribution in [0.5, 0.6) is 0 Å². The Morgan fingerprint density at radius 2 is 1.83 bits per heavy atom. The number of ether oxygens (including phenoxy) is 1. The van der Waals surface area contributed by atoms with E-state index in [-0.39, 0.29) is 5.56 Å². The van der Waals surface area contributed by atoms with E-state index >= 15 is 0 Å². The van der Waals surface area contributed by atoms with Crippen molar-refractivity contribution in [2.75, 3.05) is 63.2 Å². The second-order valence-electron chi connectivity index (χ2n) is 11.9. The van der Waals surface area contributed by atoms with Crippen LogP contribution in [0, 0.1) is 0 Å². The van der Waals surface area contributed by atoms with Gasteiger partial charge >= 0.3 is 0 Å². The van der Waals surface area contributed by atoms with Gasteiger partial charge in [0.25, 0.3) is 5.56 Å². The topological polar surface area (TPSA) is 126 Å². The molecule has 47 heavy (non-hydrogen) atoms. The second-order valence-corrected chi connectivity index (χ2v) is 12.3. The lowest BCUT2D eigenvalue weighted by Gasteiger charge is -2.33. The summed E-state index contributed by atoms with van der Waals surface area (Å²) >= 11 is 6.76. The lowest BCUT2D eigenvalue weighted by molar-refractivity contribution is 0.0364. The highest BCUT2D eigenvalue weighted by molar-refractivity contribution is 6.33. The quantitative estimate of drug-likeness (QED) is 0.238. The zero-order chi connectivity index (χ0) is 32.2. The molecule has 0 spiro atoms. The number of halogens is 1. The van der Waals surface area contributed by atoms with Gasteiger partial charge in [0, 0.05) is 98.5 Å². The predicted molar refractivity (Wildman–Crippen MR) is 184 cm³/mol. The number of morpholine rings is 1. The molecule has 13 heteroatoms. The van der Waals surface area contributed by atoms with Gasteiger partial charge in [0.05, 0.1) is 29.5 Å². The highest BCUT2D eigenvalue weighted by atomic mass is 35.5. The van der Waals surface area contributed by atoms with Crippen molar-refractivity contribution >= 4 is 40.0 Å². The minimum atomic E-state index is -0.217. The predicted octanol–water partition coefficient (Wildman–Crippen LogP) is 4.23. The van der Waals surface area contributed by atoms with Gasteiger partial charge in [0.15, 0.2) is 0 Å². The lowest BCUT2D eigenvalue weighted by atomic mass is 10.1. The highest BCUT2D eigenvalue weighted by Crippen LogP contribution is 2.30. The maximum Gasteiger partial charge on any atom is 0.261 e. The van der Waals surface area contributed by atoms with E-state index in [0.29, 0.717) is 65.6 Å². The van der Waals surface area contributed by atoms with Crippen molar-refractivity contribution in [3.8, 4) is 22.4 Å². The number of hydrogen-bond donors (Lipinski definition) is 2. The minimum Gasteiger partial charge on any atom is -0.379 e. The molecule has 7 rings (SSSR count). The third-order valence-corrected chi connectivity index (χ3v) is 9.20. The summed E-state index contributed by atoms with van der Waals surface area (Å²) in [6, 6.07) is 12.3. The maximum absolute atomic E-state index is 14.2. The molecule has 0 amide bonds. The number of hydrogen-bond acceptors (Lipinski definition) is 11. The average Bonchev–Trinajstić information content (AvgIpc) is 3.12. The summed E-state index contributed by atoms with van der Waals surface area (Å²) in [5.74, 6) is 0.410. The molecule has 6 heterocycles. The Morgan fingerprint density at radius 3 is 2.57 bits per heavy atom. The number of nitrogens with zero attached hydrogens (tertiary/aromatic N) is 8. The molecule has 1 unspecified atom stereocenters. The molecule has 2 aliphatic rings. The molecule has 0 radical (unpaired) electrons. The normalized spacial score (nSPS) is 17.1. The largest absolute Gasteiger partial charge is 0.379 e. The van der Waals surface area contributed by atoms with Crippen molar-refractivity contribution in [2.24, 2.45) is 0 Å². The first-order valence-corrected chi connectivity index (χ1v) is 16.3. The van der Waals surface area contributed by atoms with Gasteiger partial charge in [-0.1, -0.05) is 11.6 Å². The van der Waals surface area contributed by atoms with Gasteiger partial charge in [-0.25, -0.2) is 15.0 Å². The number of fused-ring (bicyclic) bond motifs is 1. The van der Waals surface area contributed by atoms with Crippen LogP contribution in [0.4, 0.5) is 17.3 Å². The van der Waals surface area contributed by atoms with E-state index < -0.39 is 0 Å². The van der Waals surface area contributed by atoms with Crippen LogP contribution in [-0.2, 0) is 11.3 Å². The molecule has 12 nitrogen and oxygen atoms in total. The number of pyridine rings is 2. The molecule has 242 valence electrons. The van der Waals surface area contributed by atoms with Gasteiger partial charge in [-0.15, -0.1) is 0 Å². The summed E-state index contributed by atoms with van der Waals surface area (Å²) in [4.78, 5) is 41.0. The maximum atomic E-state index is 14.2. The van der Waals surface area contributed by atoms with E-state index in [2.05, 4.69) is 59.5 Å². The molecule has 2 saturated heterocycles. The van der Waals surface area contributed by atoms with Crippen molar-refractivity contribution in [2.45, 2.75) is 25.4 Å². The summed E-state index contributed by atoms with van der Waals surface area (Å²) in [5.41, 5.74) is 4.68. The first kappa shape index (κ1) is 31.1. The van der Waals surface area contributed by atoms with Crippen LogP contribution in [0.2, 0.25) is 5.02 Å². The number of nitrogens with one attached hydrogen (secondary N) is 2. The number of aromatic nitrogens is 6. The summed E-state index contributed by atoms with van der Waals surface area (Å²) in [5, 5.41) is 7.89. The van der Waals surface area contributed by atoms with Crippen molar-refractivity contribution in [1.82, 2.24) is 39.7 Å². The zero-order valence-electron chi connectivity index (χ0n) is 26.3. The number of likely N-dealkylation sites (N-methyl/N-ethyl adjacent to an activating group) is 1. The van der Waals surface area contributed by atoms with Gasteiger partial charge in [0.1, 0.15) is 12.0 Å². The number of benzene rings is 1. The fraction of sp³-hybridized carbons (Fsp3) is 0.353. The third kappa shape index (κ3) is 6.96. The Hall–Kier alpha value is -4.49. The van der Waals surface area contributed by atoms with Crippen LogP contribution in [0.15, 0.2) is 72.3 Å². The van der Waals surface area contributed by atoms with Crippen molar-refractivity contribution < 1.29 is 4.74 Å². The van der Waals surface area contributed by atoms with E-state index in [0.717, 1.165) is 48.7 Å². The van der Waals surface area contributed by atoms with Crippen LogP contribution in [0.25, 0.3) is 33.4 Å². The van der Waals surface area contributed by atoms with Crippen molar-refractivity contribution in [3.63, 3.8) is 0 Å². The van der Waals surface area contributed by atoms with Crippen LogP contribution < -0.4 is 21.1 Å². The number of piperidine rings is 1. The van der Waals surface area contributed by atoms with Gasteiger partial charge in [-0.3, -0.25) is 19.2 Å². The molecular formula is C34H37ClN10O2. The SMILES string of the molecule is CN(c1ccc(Nc2ncc3cc(-c4ncc(-c5cncnc5)cc4Cl)c(=O)n(CCN4CCOCC4)c3n2)cc1)C1CCCNC1. The molecule has 5 aromatic rings. The van der Waals surface area contributed by atoms with Gasteiger partial charge < -0.3 is 20.3 Å².